The van der Waals surface area contributed by atoms with Gasteiger partial charge in [0.1, 0.15) is 23.0 Å². The van der Waals surface area contributed by atoms with Crippen LogP contribution in [0.5, 0.6) is 5.75 Å². The first-order valence-corrected chi connectivity index (χ1v) is 6.99. The molecule has 0 aliphatic rings. The molecule has 1 aromatic heterocycles. The van der Waals surface area contributed by atoms with Crippen LogP contribution in [0.4, 0.5) is 0 Å². The van der Waals surface area contributed by atoms with Gasteiger partial charge < -0.3 is 13.9 Å². The first kappa shape index (κ1) is 14.8. The fourth-order valence-corrected chi connectivity index (χ4v) is 2.10. The van der Waals surface area contributed by atoms with E-state index in [0.717, 1.165) is 5.56 Å². The van der Waals surface area contributed by atoms with Crippen molar-refractivity contribution in [1.29, 1.82) is 5.26 Å². The van der Waals surface area contributed by atoms with Crippen molar-refractivity contribution in [3.05, 3.63) is 76.1 Å². The predicted molar refractivity (Wildman–Crippen MR) is 83.9 cm³/mol. The Morgan fingerprint density at radius 2 is 1.91 bits per heavy atom. The third-order valence-corrected chi connectivity index (χ3v) is 3.25. The van der Waals surface area contributed by atoms with Gasteiger partial charge in [0.15, 0.2) is 6.79 Å². The Kier molecular flexibility index (Phi) is 4.37. The standard InChI is InChI=1S/C18H13NO4/c19-10-15-8-14-6-7-16(9-17(14)23-18(15)20)22-12-21-11-13-4-2-1-3-5-13/h1-9H,11-12H2. The molecule has 0 aliphatic carbocycles. The van der Waals surface area contributed by atoms with Crippen LogP contribution in [0.2, 0.25) is 0 Å². The van der Waals surface area contributed by atoms with Gasteiger partial charge in [-0.1, -0.05) is 30.3 Å². The zero-order valence-corrected chi connectivity index (χ0v) is 12.2. The van der Waals surface area contributed by atoms with Gasteiger partial charge in [-0.15, -0.1) is 0 Å². The number of hydrogen-bond donors (Lipinski definition) is 0. The lowest BCUT2D eigenvalue weighted by Gasteiger charge is -2.08. The molecule has 0 radical (unpaired) electrons. The van der Waals surface area contributed by atoms with Crippen LogP contribution in [0, 0.1) is 11.3 Å². The first-order valence-electron chi connectivity index (χ1n) is 6.99. The summed E-state index contributed by atoms with van der Waals surface area (Å²) in [7, 11) is 0. The van der Waals surface area contributed by atoms with Crippen molar-refractivity contribution in [3.63, 3.8) is 0 Å². The van der Waals surface area contributed by atoms with Gasteiger partial charge >= 0.3 is 5.63 Å². The second kappa shape index (κ2) is 6.77. The second-order valence-electron chi connectivity index (χ2n) is 4.86. The maximum atomic E-state index is 11.5. The lowest BCUT2D eigenvalue weighted by molar-refractivity contribution is 0.00508. The van der Waals surface area contributed by atoms with Crippen LogP contribution in [-0.2, 0) is 11.3 Å². The molecular formula is C18H13NO4. The Labute approximate surface area is 132 Å². The van der Waals surface area contributed by atoms with Crippen molar-refractivity contribution in [3.8, 4) is 11.8 Å². The minimum Gasteiger partial charge on any atom is -0.467 e. The minimum absolute atomic E-state index is 0.0163. The number of rotatable bonds is 5. The Morgan fingerprint density at radius 1 is 1.09 bits per heavy atom. The summed E-state index contributed by atoms with van der Waals surface area (Å²) in [6.45, 7) is 0.538. The molecule has 5 heteroatoms. The predicted octanol–water partition coefficient (Wildman–Crippen LogP) is 3.22. The van der Waals surface area contributed by atoms with Crippen molar-refractivity contribution in [2.24, 2.45) is 0 Å². The van der Waals surface area contributed by atoms with E-state index in [1.54, 1.807) is 24.3 Å². The average molecular weight is 307 g/mol. The highest BCUT2D eigenvalue weighted by Crippen LogP contribution is 2.20. The molecular weight excluding hydrogens is 294 g/mol. The Hall–Kier alpha value is -3.10. The molecule has 0 aliphatic heterocycles. The van der Waals surface area contributed by atoms with Crippen LogP contribution in [0.15, 0.2) is 63.8 Å². The van der Waals surface area contributed by atoms with Crippen molar-refractivity contribution >= 4 is 11.0 Å². The molecule has 0 atom stereocenters. The smallest absolute Gasteiger partial charge is 0.354 e. The van der Waals surface area contributed by atoms with Gasteiger partial charge in [0.05, 0.1) is 6.61 Å². The minimum atomic E-state index is -0.655. The average Bonchev–Trinajstić information content (AvgIpc) is 2.59. The number of fused-ring (bicyclic) bond motifs is 1. The molecule has 0 spiro atoms. The van der Waals surface area contributed by atoms with Crippen LogP contribution >= 0.6 is 0 Å². The SMILES string of the molecule is N#Cc1cc2ccc(OCOCc3ccccc3)cc2oc1=O. The third-order valence-electron chi connectivity index (χ3n) is 3.25. The van der Waals surface area contributed by atoms with E-state index in [9.17, 15) is 4.79 Å². The van der Waals surface area contributed by atoms with Gasteiger partial charge in [-0.05, 0) is 23.8 Å². The van der Waals surface area contributed by atoms with E-state index < -0.39 is 5.63 Å². The quantitative estimate of drug-likeness (QED) is 0.411. The van der Waals surface area contributed by atoms with Crippen molar-refractivity contribution in [1.82, 2.24) is 0 Å². The molecule has 114 valence electrons. The molecule has 5 nitrogen and oxygen atoms in total. The second-order valence-corrected chi connectivity index (χ2v) is 4.86. The molecule has 0 saturated carbocycles. The Morgan fingerprint density at radius 3 is 2.70 bits per heavy atom. The van der Waals surface area contributed by atoms with Crippen LogP contribution in [0.1, 0.15) is 11.1 Å². The zero-order valence-electron chi connectivity index (χ0n) is 12.2. The number of nitrogens with zero attached hydrogens (tertiary/aromatic N) is 1. The topological polar surface area (TPSA) is 72.5 Å². The van der Waals surface area contributed by atoms with Gasteiger partial charge in [-0.2, -0.15) is 5.26 Å². The number of hydrogen-bond acceptors (Lipinski definition) is 5. The van der Waals surface area contributed by atoms with Gasteiger partial charge in [0, 0.05) is 11.5 Å². The van der Waals surface area contributed by atoms with E-state index in [1.165, 1.54) is 6.07 Å². The zero-order chi connectivity index (χ0) is 16.1. The van der Waals surface area contributed by atoms with Crippen molar-refractivity contribution in [2.45, 2.75) is 6.61 Å². The van der Waals surface area contributed by atoms with Gasteiger partial charge in [-0.25, -0.2) is 4.79 Å². The maximum absolute atomic E-state index is 11.5. The molecule has 0 amide bonds. The molecule has 0 unspecified atom stereocenters. The molecule has 0 saturated heterocycles. The summed E-state index contributed by atoms with van der Waals surface area (Å²) in [5, 5.41) is 9.48. The van der Waals surface area contributed by atoms with Crippen molar-refractivity contribution in [2.75, 3.05) is 6.79 Å². The first-order chi connectivity index (χ1) is 11.3. The molecule has 3 rings (SSSR count). The summed E-state index contributed by atoms with van der Waals surface area (Å²) in [5.74, 6) is 0.526. The lowest BCUT2D eigenvalue weighted by Crippen LogP contribution is -2.04. The molecule has 23 heavy (non-hydrogen) atoms. The van der Waals surface area contributed by atoms with Crippen LogP contribution in [0.25, 0.3) is 11.0 Å². The largest absolute Gasteiger partial charge is 0.467 e. The summed E-state index contributed by atoms with van der Waals surface area (Å²) in [4.78, 5) is 11.5. The number of ether oxygens (including phenoxy) is 2. The molecule has 3 aromatic rings. The highest BCUT2D eigenvalue weighted by molar-refractivity contribution is 5.79. The van der Waals surface area contributed by atoms with Crippen LogP contribution in [-0.4, -0.2) is 6.79 Å². The monoisotopic (exact) mass is 307 g/mol. The molecule has 1 heterocycles. The summed E-state index contributed by atoms with van der Waals surface area (Å²) in [6.07, 6.45) is 0. The van der Waals surface area contributed by atoms with Crippen LogP contribution < -0.4 is 10.4 Å². The van der Waals surface area contributed by atoms with Gasteiger partial charge in [0.2, 0.25) is 0 Å². The Balaban J connectivity index is 1.64. The molecule has 0 N–H and O–H groups in total. The maximum Gasteiger partial charge on any atom is 0.354 e. The summed E-state index contributed by atoms with van der Waals surface area (Å²) < 4.78 is 16.0. The lowest BCUT2D eigenvalue weighted by atomic mass is 10.2. The van der Waals surface area contributed by atoms with E-state index in [1.807, 2.05) is 30.3 Å². The number of nitriles is 1. The Bertz CT molecular complexity index is 910. The van der Waals surface area contributed by atoms with Crippen LogP contribution in [0.3, 0.4) is 0 Å². The van der Waals surface area contributed by atoms with Gasteiger partial charge in [-0.3, -0.25) is 0 Å². The highest BCUT2D eigenvalue weighted by atomic mass is 16.7. The van der Waals surface area contributed by atoms with E-state index in [2.05, 4.69) is 0 Å². The molecule has 0 fully saturated rings. The molecule has 0 bridgehead atoms. The third kappa shape index (κ3) is 3.57. The fraction of sp³-hybridized carbons (Fsp3) is 0.111. The van der Waals surface area contributed by atoms with E-state index in [4.69, 9.17) is 19.2 Å². The van der Waals surface area contributed by atoms with E-state index >= 15 is 0 Å². The normalized spacial score (nSPS) is 10.4. The van der Waals surface area contributed by atoms with E-state index in [0.29, 0.717) is 23.3 Å². The summed E-state index contributed by atoms with van der Waals surface area (Å²) in [6, 6.07) is 18.1. The van der Waals surface area contributed by atoms with Gasteiger partial charge in [0.25, 0.3) is 0 Å². The summed E-state index contributed by atoms with van der Waals surface area (Å²) >= 11 is 0. The fourth-order valence-electron chi connectivity index (χ4n) is 2.10. The highest BCUT2D eigenvalue weighted by Gasteiger charge is 2.05. The number of benzene rings is 2. The summed E-state index contributed by atoms with van der Waals surface area (Å²) in [5.41, 5.74) is 0.758. The van der Waals surface area contributed by atoms with Crippen molar-refractivity contribution < 1.29 is 13.9 Å². The molecule has 2 aromatic carbocycles. The van der Waals surface area contributed by atoms with E-state index in [-0.39, 0.29) is 12.4 Å².